The monoisotopic (exact) mass is 281 g/mol. The number of carbonyl (C=O) groups excluding carboxylic acids is 1. The predicted molar refractivity (Wildman–Crippen MR) is 79.4 cm³/mol. The zero-order valence-corrected chi connectivity index (χ0v) is 11.3. The Bertz CT molecular complexity index is 780. The second-order valence-electron chi connectivity index (χ2n) is 4.73. The number of benzene rings is 2. The predicted octanol–water partition coefficient (Wildman–Crippen LogP) is 1.35. The van der Waals surface area contributed by atoms with Gasteiger partial charge in [0.2, 0.25) is 0 Å². The molecule has 2 aromatic carbocycles. The summed E-state index contributed by atoms with van der Waals surface area (Å²) in [4.78, 5) is 12.1. The molecule has 1 amide bonds. The summed E-state index contributed by atoms with van der Waals surface area (Å²) in [5.41, 5.74) is 9.65. The first kappa shape index (κ1) is 13.3. The van der Waals surface area contributed by atoms with E-state index in [4.69, 9.17) is 5.73 Å². The molecule has 0 saturated heterocycles. The quantitative estimate of drug-likeness (QED) is 0.672. The molecule has 0 aliphatic rings. The van der Waals surface area contributed by atoms with Gasteiger partial charge in [0.15, 0.2) is 0 Å². The fourth-order valence-electron chi connectivity index (χ4n) is 2.13. The maximum Gasteiger partial charge on any atom is 0.251 e. The normalized spacial score (nSPS) is 10.7. The van der Waals surface area contributed by atoms with Crippen molar-refractivity contribution < 1.29 is 4.79 Å². The number of amides is 1. The van der Waals surface area contributed by atoms with Gasteiger partial charge in [-0.05, 0) is 29.3 Å². The van der Waals surface area contributed by atoms with Crippen LogP contribution in [0, 0.1) is 0 Å². The van der Waals surface area contributed by atoms with E-state index in [2.05, 4.69) is 20.7 Å². The zero-order valence-electron chi connectivity index (χ0n) is 11.3. The van der Waals surface area contributed by atoms with Crippen LogP contribution in [0.15, 0.2) is 42.5 Å². The van der Waals surface area contributed by atoms with Crippen molar-refractivity contribution in [3.8, 4) is 0 Å². The SMILES string of the molecule is NCc1cccc(CNC(=O)c2ccc3n[nH]nc3c2)c1. The molecule has 0 bridgehead atoms. The number of hydrogen-bond donors (Lipinski definition) is 3. The van der Waals surface area contributed by atoms with Gasteiger partial charge in [-0.2, -0.15) is 15.4 Å². The molecule has 106 valence electrons. The molecule has 0 atom stereocenters. The first-order chi connectivity index (χ1) is 10.3. The lowest BCUT2D eigenvalue weighted by atomic mass is 10.1. The van der Waals surface area contributed by atoms with Crippen LogP contribution in [-0.4, -0.2) is 21.3 Å². The number of H-pyrrole nitrogens is 1. The van der Waals surface area contributed by atoms with Crippen molar-refractivity contribution in [1.29, 1.82) is 0 Å². The summed E-state index contributed by atoms with van der Waals surface area (Å²) >= 11 is 0. The molecule has 21 heavy (non-hydrogen) atoms. The Balaban J connectivity index is 1.70. The van der Waals surface area contributed by atoms with Crippen LogP contribution in [0.4, 0.5) is 0 Å². The van der Waals surface area contributed by atoms with E-state index in [1.807, 2.05) is 24.3 Å². The summed E-state index contributed by atoms with van der Waals surface area (Å²) in [5, 5.41) is 13.3. The lowest BCUT2D eigenvalue weighted by Gasteiger charge is -2.06. The van der Waals surface area contributed by atoms with Gasteiger partial charge in [0.05, 0.1) is 0 Å². The maximum atomic E-state index is 12.1. The van der Waals surface area contributed by atoms with Gasteiger partial charge in [-0.1, -0.05) is 24.3 Å². The summed E-state index contributed by atoms with van der Waals surface area (Å²) in [6.07, 6.45) is 0. The van der Waals surface area contributed by atoms with Crippen molar-refractivity contribution in [2.75, 3.05) is 0 Å². The van der Waals surface area contributed by atoms with Gasteiger partial charge in [0.25, 0.3) is 5.91 Å². The smallest absolute Gasteiger partial charge is 0.251 e. The van der Waals surface area contributed by atoms with Crippen LogP contribution in [0.2, 0.25) is 0 Å². The third kappa shape index (κ3) is 2.90. The van der Waals surface area contributed by atoms with E-state index in [1.54, 1.807) is 18.2 Å². The first-order valence-electron chi connectivity index (χ1n) is 6.63. The lowest BCUT2D eigenvalue weighted by molar-refractivity contribution is 0.0951. The average molecular weight is 281 g/mol. The Morgan fingerprint density at radius 1 is 1.10 bits per heavy atom. The summed E-state index contributed by atoms with van der Waals surface area (Å²) in [7, 11) is 0. The molecular weight excluding hydrogens is 266 g/mol. The largest absolute Gasteiger partial charge is 0.348 e. The van der Waals surface area contributed by atoms with E-state index < -0.39 is 0 Å². The molecule has 0 spiro atoms. The minimum Gasteiger partial charge on any atom is -0.348 e. The van der Waals surface area contributed by atoms with Gasteiger partial charge >= 0.3 is 0 Å². The van der Waals surface area contributed by atoms with Crippen molar-refractivity contribution in [2.45, 2.75) is 13.1 Å². The Kier molecular flexibility index (Phi) is 3.61. The van der Waals surface area contributed by atoms with E-state index in [9.17, 15) is 4.79 Å². The number of hydrogen-bond acceptors (Lipinski definition) is 4. The molecule has 1 aromatic heterocycles. The van der Waals surface area contributed by atoms with Crippen LogP contribution in [-0.2, 0) is 13.1 Å². The Hall–Kier alpha value is -2.73. The minimum atomic E-state index is -0.141. The molecule has 6 nitrogen and oxygen atoms in total. The number of carbonyl (C=O) groups is 1. The van der Waals surface area contributed by atoms with E-state index >= 15 is 0 Å². The van der Waals surface area contributed by atoms with Crippen molar-refractivity contribution in [2.24, 2.45) is 5.73 Å². The van der Waals surface area contributed by atoms with E-state index in [-0.39, 0.29) is 5.91 Å². The summed E-state index contributed by atoms with van der Waals surface area (Å²) in [6, 6.07) is 13.1. The minimum absolute atomic E-state index is 0.141. The van der Waals surface area contributed by atoms with Crippen LogP contribution < -0.4 is 11.1 Å². The van der Waals surface area contributed by atoms with Crippen LogP contribution in [0.1, 0.15) is 21.5 Å². The average Bonchev–Trinajstić information content (AvgIpc) is 3.00. The third-order valence-corrected chi connectivity index (χ3v) is 3.26. The molecule has 0 fully saturated rings. The number of aromatic nitrogens is 3. The number of fused-ring (bicyclic) bond motifs is 1. The molecular formula is C15H15N5O. The highest BCUT2D eigenvalue weighted by Crippen LogP contribution is 2.11. The van der Waals surface area contributed by atoms with Gasteiger partial charge in [0.1, 0.15) is 11.0 Å². The van der Waals surface area contributed by atoms with E-state index in [0.29, 0.717) is 24.2 Å². The Morgan fingerprint density at radius 2 is 1.90 bits per heavy atom. The third-order valence-electron chi connectivity index (χ3n) is 3.26. The van der Waals surface area contributed by atoms with Crippen molar-refractivity contribution in [3.63, 3.8) is 0 Å². The summed E-state index contributed by atoms with van der Waals surface area (Å²) in [6.45, 7) is 0.953. The molecule has 0 unspecified atom stereocenters. The highest BCUT2D eigenvalue weighted by Gasteiger charge is 2.08. The van der Waals surface area contributed by atoms with E-state index in [1.165, 1.54) is 0 Å². The second-order valence-corrected chi connectivity index (χ2v) is 4.73. The highest BCUT2D eigenvalue weighted by molar-refractivity contribution is 5.97. The van der Waals surface area contributed by atoms with Gasteiger partial charge < -0.3 is 11.1 Å². The molecule has 4 N–H and O–H groups in total. The van der Waals surface area contributed by atoms with Gasteiger partial charge in [0, 0.05) is 18.7 Å². The molecule has 3 rings (SSSR count). The Morgan fingerprint density at radius 3 is 2.76 bits per heavy atom. The van der Waals surface area contributed by atoms with Gasteiger partial charge in [-0.3, -0.25) is 4.79 Å². The number of rotatable bonds is 4. The van der Waals surface area contributed by atoms with Crippen molar-refractivity contribution in [3.05, 3.63) is 59.2 Å². The standard InChI is InChI=1S/C15H15N5O/c16-8-10-2-1-3-11(6-10)9-17-15(21)12-4-5-13-14(7-12)19-20-18-13/h1-7H,8-9,16H2,(H,17,21)(H,18,19,20). The van der Waals surface area contributed by atoms with Crippen LogP contribution in [0.5, 0.6) is 0 Å². The van der Waals surface area contributed by atoms with Gasteiger partial charge in [-0.25, -0.2) is 0 Å². The molecule has 1 heterocycles. The van der Waals surface area contributed by atoms with E-state index in [0.717, 1.165) is 16.6 Å². The fraction of sp³-hybridized carbons (Fsp3) is 0.133. The number of aromatic amines is 1. The number of nitrogens with one attached hydrogen (secondary N) is 2. The first-order valence-corrected chi connectivity index (χ1v) is 6.63. The molecule has 0 aliphatic carbocycles. The van der Waals surface area contributed by atoms with Crippen LogP contribution in [0.3, 0.4) is 0 Å². The zero-order chi connectivity index (χ0) is 14.7. The topological polar surface area (TPSA) is 96.7 Å². The summed E-state index contributed by atoms with van der Waals surface area (Å²) < 4.78 is 0. The molecule has 0 radical (unpaired) electrons. The highest BCUT2D eigenvalue weighted by atomic mass is 16.1. The van der Waals surface area contributed by atoms with Crippen LogP contribution in [0.25, 0.3) is 11.0 Å². The maximum absolute atomic E-state index is 12.1. The second kappa shape index (κ2) is 5.72. The number of nitrogens with zero attached hydrogens (tertiary/aromatic N) is 2. The summed E-state index contributed by atoms with van der Waals surface area (Å²) in [5.74, 6) is -0.141. The molecule has 0 aliphatic heterocycles. The fourth-order valence-corrected chi connectivity index (χ4v) is 2.13. The van der Waals surface area contributed by atoms with Crippen molar-refractivity contribution >= 4 is 16.9 Å². The lowest BCUT2D eigenvalue weighted by Crippen LogP contribution is -2.22. The van der Waals surface area contributed by atoms with Gasteiger partial charge in [-0.15, -0.1) is 0 Å². The molecule has 3 aromatic rings. The number of nitrogens with two attached hydrogens (primary N) is 1. The van der Waals surface area contributed by atoms with Crippen molar-refractivity contribution in [1.82, 2.24) is 20.7 Å². The molecule has 6 heteroatoms. The van der Waals surface area contributed by atoms with Crippen LogP contribution >= 0.6 is 0 Å². The molecule has 0 saturated carbocycles. The Labute approximate surface area is 121 Å².